The summed E-state index contributed by atoms with van der Waals surface area (Å²) in [5.74, 6) is 2.43. The molecule has 0 saturated heterocycles. The summed E-state index contributed by atoms with van der Waals surface area (Å²) in [6.45, 7) is 0.382. The smallest absolute Gasteiger partial charge is 0.269 e. The number of nitrogens with zero attached hydrogens (tertiary/aromatic N) is 1. The second-order valence-electron chi connectivity index (χ2n) is 9.22. The Bertz CT molecular complexity index is 969. The zero-order valence-corrected chi connectivity index (χ0v) is 19.1. The summed E-state index contributed by atoms with van der Waals surface area (Å²) >= 11 is 0. The van der Waals surface area contributed by atoms with E-state index in [2.05, 4.69) is 17.4 Å². The first-order valence-electron chi connectivity index (χ1n) is 11.9. The fourth-order valence-corrected chi connectivity index (χ4v) is 5.06. The Morgan fingerprint density at radius 3 is 2.52 bits per heavy atom. The number of nitrogens with one attached hydrogen (secondary N) is 1. The van der Waals surface area contributed by atoms with Crippen molar-refractivity contribution in [3.8, 4) is 11.5 Å². The van der Waals surface area contributed by atoms with Crippen LogP contribution in [0.3, 0.4) is 0 Å². The molecule has 2 aromatic rings. The molecule has 0 aliphatic heterocycles. The topological polar surface area (TPSA) is 90.7 Å². The van der Waals surface area contributed by atoms with E-state index >= 15 is 0 Å². The molecule has 7 heteroatoms. The third-order valence-corrected chi connectivity index (χ3v) is 6.91. The van der Waals surface area contributed by atoms with Gasteiger partial charge in [0.05, 0.1) is 18.1 Å². The van der Waals surface area contributed by atoms with Crippen LogP contribution in [0.25, 0.3) is 0 Å². The van der Waals surface area contributed by atoms with E-state index in [0.717, 1.165) is 49.2 Å². The van der Waals surface area contributed by atoms with Crippen molar-refractivity contribution in [1.29, 1.82) is 0 Å². The van der Waals surface area contributed by atoms with E-state index in [9.17, 15) is 14.9 Å². The van der Waals surface area contributed by atoms with Crippen LogP contribution in [0.5, 0.6) is 11.5 Å². The Hall–Kier alpha value is -3.09. The molecule has 1 amide bonds. The quantitative estimate of drug-likeness (QED) is 0.400. The van der Waals surface area contributed by atoms with Gasteiger partial charge in [0.2, 0.25) is 5.91 Å². The maximum absolute atomic E-state index is 12.5. The Balaban J connectivity index is 1.28. The molecule has 4 rings (SSSR count). The molecule has 2 saturated carbocycles. The van der Waals surface area contributed by atoms with E-state index < -0.39 is 4.92 Å². The van der Waals surface area contributed by atoms with E-state index in [-0.39, 0.29) is 17.7 Å². The number of nitro groups is 1. The number of amides is 1. The molecular weight excluding hydrogens is 420 g/mol. The van der Waals surface area contributed by atoms with Crippen molar-refractivity contribution in [2.75, 3.05) is 7.11 Å². The zero-order valence-electron chi connectivity index (χ0n) is 19.1. The van der Waals surface area contributed by atoms with Gasteiger partial charge in [-0.2, -0.15) is 0 Å². The van der Waals surface area contributed by atoms with E-state index in [1.54, 1.807) is 19.2 Å². The highest BCUT2D eigenvalue weighted by atomic mass is 16.6. The molecule has 2 aliphatic carbocycles. The monoisotopic (exact) mass is 452 g/mol. The summed E-state index contributed by atoms with van der Waals surface area (Å²) in [5, 5.41) is 13.7. The molecule has 2 aromatic carbocycles. The maximum atomic E-state index is 12.5. The predicted octanol–water partition coefficient (Wildman–Crippen LogP) is 5.52. The summed E-state index contributed by atoms with van der Waals surface area (Å²) in [7, 11) is 1.68. The highest BCUT2D eigenvalue weighted by Gasteiger charge is 2.28. The van der Waals surface area contributed by atoms with Gasteiger partial charge in [-0.05, 0) is 80.0 Å². The van der Waals surface area contributed by atoms with Gasteiger partial charge in [0.1, 0.15) is 0 Å². The molecule has 2 aliphatic rings. The molecule has 2 fully saturated rings. The number of nitro benzene ring substituents is 1. The second-order valence-corrected chi connectivity index (χ2v) is 9.22. The number of methoxy groups -OCH3 is 1. The van der Waals surface area contributed by atoms with Crippen LogP contribution in [-0.2, 0) is 11.3 Å². The van der Waals surface area contributed by atoms with Crippen LogP contribution in [-0.4, -0.2) is 24.0 Å². The van der Waals surface area contributed by atoms with Crippen molar-refractivity contribution in [2.45, 2.75) is 69.9 Å². The Labute approximate surface area is 194 Å². The normalized spacial score (nSPS) is 20.5. The van der Waals surface area contributed by atoms with Crippen LogP contribution in [0, 0.1) is 16.0 Å². The van der Waals surface area contributed by atoms with E-state index in [4.69, 9.17) is 9.47 Å². The lowest BCUT2D eigenvalue weighted by molar-refractivity contribution is -0.384. The summed E-state index contributed by atoms with van der Waals surface area (Å²) in [5.41, 5.74) is 2.17. The van der Waals surface area contributed by atoms with Gasteiger partial charge in [-0.1, -0.05) is 18.2 Å². The van der Waals surface area contributed by atoms with Crippen molar-refractivity contribution in [3.05, 3.63) is 63.7 Å². The van der Waals surface area contributed by atoms with Gasteiger partial charge in [-0.3, -0.25) is 14.9 Å². The molecule has 0 aromatic heterocycles. The van der Waals surface area contributed by atoms with E-state index in [1.165, 1.54) is 30.5 Å². The second kappa shape index (κ2) is 10.7. The first-order chi connectivity index (χ1) is 16.0. The van der Waals surface area contributed by atoms with Crippen molar-refractivity contribution in [3.63, 3.8) is 0 Å². The minimum atomic E-state index is -0.425. The van der Waals surface area contributed by atoms with Crippen LogP contribution >= 0.6 is 0 Å². The number of carbonyl (C=O) groups is 1. The molecule has 1 N–H and O–H groups in total. The van der Waals surface area contributed by atoms with Crippen molar-refractivity contribution in [2.24, 2.45) is 5.92 Å². The molecule has 0 heterocycles. The van der Waals surface area contributed by atoms with Gasteiger partial charge in [0, 0.05) is 25.1 Å². The van der Waals surface area contributed by atoms with Crippen LogP contribution in [0.4, 0.5) is 5.69 Å². The highest BCUT2D eigenvalue weighted by molar-refractivity contribution is 5.76. The summed E-state index contributed by atoms with van der Waals surface area (Å²) < 4.78 is 11.8. The summed E-state index contributed by atoms with van der Waals surface area (Å²) in [6, 6.07) is 12.5. The number of non-ortho nitro benzene ring substituents is 1. The summed E-state index contributed by atoms with van der Waals surface area (Å²) in [4.78, 5) is 22.8. The zero-order chi connectivity index (χ0) is 23.2. The van der Waals surface area contributed by atoms with Crippen molar-refractivity contribution in [1.82, 2.24) is 5.32 Å². The Kier molecular flexibility index (Phi) is 7.47. The fraction of sp³-hybridized carbons (Fsp3) is 0.500. The number of carbonyl (C=O) groups excluding carboxylic acids is 1. The Morgan fingerprint density at radius 1 is 1.06 bits per heavy atom. The SMILES string of the molecule is COc1ccc(C2CCC(CC(=O)NCc3ccc([N+](=O)[O-])cc3)C2)cc1OC1CCCC1. The lowest BCUT2D eigenvalue weighted by atomic mass is 9.95. The molecule has 2 unspecified atom stereocenters. The number of ether oxygens (including phenoxy) is 2. The molecule has 7 nitrogen and oxygen atoms in total. The number of benzene rings is 2. The molecule has 33 heavy (non-hydrogen) atoms. The third kappa shape index (κ3) is 6.03. The van der Waals surface area contributed by atoms with Gasteiger partial charge in [-0.25, -0.2) is 0 Å². The van der Waals surface area contributed by atoms with Gasteiger partial charge in [-0.15, -0.1) is 0 Å². The average Bonchev–Trinajstić information content (AvgIpc) is 3.50. The molecule has 0 bridgehead atoms. The van der Waals surface area contributed by atoms with Crippen molar-refractivity contribution >= 4 is 11.6 Å². The lowest BCUT2D eigenvalue weighted by Gasteiger charge is -2.19. The van der Waals surface area contributed by atoms with Gasteiger partial charge in [0.25, 0.3) is 5.69 Å². The molecule has 176 valence electrons. The van der Waals surface area contributed by atoms with E-state index in [1.807, 2.05) is 6.07 Å². The lowest BCUT2D eigenvalue weighted by Crippen LogP contribution is -2.24. The maximum Gasteiger partial charge on any atom is 0.269 e. The highest BCUT2D eigenvalue weighted by Crippen LogP contribution is 2.42. The van der Waals surface area contributed by atoms with Gasteiger partial charge in [0.15, 0.2) is 11.5 Å². The van der Waals surface area contributed by atoms with Crippen molar-refractivity contribution < 1.29 is 19.2 Å². The van der Waals surface area contributed by atoms with Gasteiger partial charge >= 0.3 is 0 Å². The molecule has 0 radical (unpaired) electrons. The van der Waals surface area contributed by atoms with Crippen LogP contribution in [0.15, 0.2) is 42.5 Å². The molecule has 0 spiro atoms. The van der Waals surface area contributed by atoms with E-state index in [0.29, 0.717) is 24.8 Å². The van der Waals surface area contributed by atoms with Crippen LogP contribution < -0.4 is 14.8 Å². The summed E-state index contributed by atoms with van der Waals surface area (Å²) in [6.07, 6.45) is 8.53. The molecular formula is C26H32N2O5. The third-order valence-electron chi connectivity index (χ3n) is 6.91. The number of hydrogen-bond donors (Lipinski definition) is 1. The minimum Gasteiger partial charge on any atom is -0.493 e. The minimum absolute atomic E-state index is 0.0268. The first kappa shape index (κ1) is 23.1. The van der Waals surface area contributed by atoms with Crippen LogP contribution in [0.2, 0.25) is 0 Å². The standard InChI is InChI=1S/C26H32N2O5/c1-32-24-13-10-21(16-25(24)33-23-4-2-3-5-23)20-9-6-19(14-20)15-26(29)27-17-18-7-11-22(12-8-18)28(30)31/h7-8,10-13,16,19-20,23H,2-6,9,14-15,17H2,1H3,(H,27,29). The largest absolute Gasteiger partial charge is 0.493 e. The fourth-order valence-electron chi connectivity index (χ4n) is 5.06. The predicted molar refractivity (Wildman–Crippen MR) is 126 cm³/mol. The number of rotatable bonds is 9. The average molecular weight is 453 g/mol. The molecule has 2 atom stereocenters. The first-order valence-corrected chi connectivity index (χ1v) is 11.9. The number of hydrogen-bond acceptors (Lipinski definition) is 5. The van der Waals surface area contributed by atoms with Crippen LogP contribution in [0.1, 0.15) is 68.4 Å². The van der Waals surface area contributed by atoms with Gasteiger partial charge < -0.3 is 14.8 Å². The Morgan fingerprint density at radius 2 is 1.82 bits per heavy atom.